The van der Waals surface area contributed by atoms with Crippen molar-refractivity contribution in [2.24, 2.45) is 5.92 Å². The fourth-order valence-corrected chi connectivity index (χ4v) is 1.79. The van der Waals surface area contributed by atoms with Gasteiger partial charge in [0.2, 0.25) is 5.91 Å². The van der Waals surface area contributed by atoms with Crippen LogP contribution in [0.5, 0.6) is 0 Å². The Morgan fingerprint density at radius 1 is 1.14 bits per heavy atom. The number of nitrogens with one attached hydrogen (secondary N) is 1. The first-order valence-corrected chi connectivity index (χ1v) is 7.88. The number of rotatable bonds is 7. The molecule has 1 N–H and O–H groups in total. The molecule has 0 aliphatic heterocycles. The summed E-state index contributed by atoms with van der Waals surface area (Å²) in [4.78, 5) is 22.5. The number of Topliss-reactive ketones (excluding diaryl/α,β-unsaturated/α-hetero) is 1. The van der Waals surface area contributed by atoms with Crippen LogP contribution < -0.4 is 5.32 Å². The summed E-state index contributed by atoms with van der Waals surface area (Å²) >= 11 is 0. The first-order valence-electron chi connectivity index (χ1n) is 7.88. The average Bonchev–Trinajstić information content (AvgIpc) is 2.46. The summed E-state index contributed by atoms with van der Waals surface area (Å²) in [6, 6.07) is 7.92. The minimum Gasteiger partial charge on any atom is -0.326 e. The van der Waals surface area contributed by atoms with Crippen molar-refractivity contribution in [3.63, 3.8) is 0 Å². The quantitative estimate of drug-likeness (QED) is 0.746. The second kappa shape index (κ2) is 11.1. The number of aryl methyl sites for hydroxylation is 1. The number of unbranched alkanes of at least 4 members (excludes halogenated alkanes) is 1. The summed E-state index contributed by atoms with van der Waals surface area (Å²) in [6.45, 7) is 9.38. The molecule has 0 saturated heterocycles. The van der Waals surface area contributed by atoms with Gasteiger partial charge in [-0.15, -0.1) is 0 Å². The normalized spacial score (nSPS) is 9.81. The molecule has 1 rings (SSSR count). The zero-order valence-corrected chi connectivity index (χ0v) is 14.0. The zero-order chi connectivity index (χ0) is 16.3. The lowest BCUT2D eigenvalue weighted by Crippen LogP contribution is -2.17. The molecule has 0 saturated carbocycles. The van der Waals surface area contributed by atoms with Crippen LogP contribution in [0, 0.1) is 5.92 Å². The molecule has 0 atom stereocenters. The van der Waals surface area contributed by atoms with Crippen LogP contribution in [0.15, 0.2) is 24.3 Å². The van der Waals surface area contributed by atoms with E-state index in [2.05, 4.69) is 11.4 Å². The molecule has 1 aromatic carbocycles. The minimum atomic E-state index is -0.0146. The van der Waals surface area contributed by atoms with Crippen molar-refractivity contribution in [3.8, 4) is 0 Å². The molecule has 1 amide bonds. The van der Waals surface area contributed by atoms with E-state index in [4.69, 9.17) is 0 Å². The van der Waals surface area contributed by atoms with Gasteiger partial charge in [-0.25, -0.2) is 0 Å². The van der Waals surface area contributed by atoms with Crippen LogP contribution in [0.2, 0.25) is 0 Å². The largest absolute Gasteiger partial charge is 0.326 e. The van der Waals surface area contributed by atoms with E-state index in [1.165, 1.54) is 5.56 Å². The van der Waals surface area contributed by atoms with Crippen molar-refractivity contribution < 1.29 is 9.59 Å². The van der Waals surface area contributed by atoms with E-state index < -0.39 is 0 Å². The second-order valence-electron chi connectivity index (χ2n) is 5.25. The lowest BCUT2D eigenvalue weighted by molar-refractivity contribution is -0.119. The first kappa shape index (κ1) is 19.4. The standard InChI is InChI=1S/C16H23NO2.C2H6/c1-12(2)16(19)17-15-10-6-9-14(11-15)8-5-4-7-13(3)18;1-2/h6,9-12H,4-5,7-8H2,1-3H3,(H,17,19);1-2H3. The van der Waals surface area contributed by atoms with Gasteiger partial charge < -0.3 is 10.1 Å². The number of ketones is 1. The Labute approximate surface area is 129 Å². The van der Waals surface area contributed by atoms with Gasteiger partial charge in [0.15, 0.2) is 0 Å². The van der Waals surface area contributed by atoms with Crippen LogP contribution in [0.1, 0.15) is 59.4 Å². The Bertz CT molecular complexity index is 439. The summed E-state index contributed by atoms with van der Waals surface area (Å²) in [5.74, 6) is 0.269. The molecule has 0 aliphatic carbocycles. The molecular weight excluding hydrogens is 262 g/mol. The number of carbonyl (C=O) groups is 2. The number of hydrogen-bond donors (Lipinski definition) is 1. The molecule has 0 spiro atoms. The van der Waals surface area contributed by atoms with E-state index in [-0.39, 0.29) is 17.6 Å². The molecule has 0 aliphatic rings. The Hall–Kier alpha value is -1.64. The molecule has 21 heavy (non-hydrogen) atoms. The van der Waals surface area contributed by atoms with E-state index in [1.807, 2.05) is 45.9 Å². The van der Waals surface area contributed by atoms with Gasteiger partial charge in [0.25, 0.3) is 0 Å². The maximum absolute atomic E-state index is 11.6. The Morgan fingerprint density at radius 2 is 1.81 bits per heavy atom. The van der Waals surface area contributed by atoms with Gasteiger partial charge in [-0.3, -0.25) is 4.79 Å². The highest BCUT2D eigenvalue weighted by Crippen LogP contribution is 2.14. The van der Waals surface area contributed by atoms with Gasteiger partial charge >= 0.3 is 0 Å². The second-order valence-corrected chi connectivity index (χ2v) is 5.25. The maximum Gasteiger partial charge on any atom is 0.226 e. The van der Waals surface area contributed by atoms with Crippen molar-refractivity contribution >= 4 is 17.4 Å². The highest BCUT2D eigenvalue weighted by molar-refractivity contribution is 5.92. The van der Waals surface area contributed by atoms with Crippen molar-refractivity contribution in [2.75, 3.05) is 5.32 Å². The molecule has 0 heterocycles. The molecule has 118 valence electrons. The van der Waals surface area contributed by atoms with Crippen LogP contribution >= 0.6 is 0 Å². The van der Waals surface area contributed by atoms with Gasteiger partial charge in [-0.05, 0) is 43.9 Å². The average molecular weight is 291 g/mol. The Kier molecular flexibility index (Phi) is 10.2. The van der Waals surface area contributed by atoms with Gasteiger partial charge in [0.1, 0.15) is 5.78 Å². The fourth-order valence-electron chi connectivity index (χ4n) is 1.79. The lowest BCUT2D eigenvalue weighted by atomic mass is 10.1. The minimum absolute atomic E-state index is 0.0146. The summed E-state index contributed by atoms with van der Waals surface area (Å²) in [5.41, 5.74) is 2.05. The summed E-state index contributed by atoms with van der Waals surface area (Å²) < 4.78 is 0. The van der Waals surface area contributed by atoms with Crippen molar-refractivity contribution in [3.05, 3.63) is 29.8 Å². The number of carbonyl (C=O) groups excluding carboxylic acids is 2. The maximum atomic E-state index is 11.6. The molecule has 3 heteroatoms. The number of anilines is 1. The molecule has 0 aromatic heterocycles. The SMILES string of the molecule is CC.CC(=O)CCCCc1cccc(NC(=O)C(C)C)c1. The molecule has 1 aromatic rings. The summed E-state index contributed by atoms with van der Waals surface area (Å²) in [6.07, 6.45) is 3.53. The number of amides is 1. The molecule has 0 unspecified atom stereocenters. The van der Waals surface area contributed by atoms with Crippen LogP contribution in [0.25, 0.3) is 0 Å². The monoisotopic (exact) mass is 291 g/mol. The highest BCUT2D eigenvalue weighted by atomic mass is 16.1. The lowest BCUT2D eigenvalue weighted by Gasteiger charge is -2.09. The van der Waals surface area contributed by atoms with Crippen molar-refractivity contribution in [2.45, 2.75) is 60.3 Å². The third kappa shape index (κ3) is 9.01. The van der Waals surface area contributed by atoms with Crippen LogP contribution in [0.4, 0.5) is 5.69 Å². The molecule has 0 fully saturated rings. The molecular formula is C18H29NO2. The topological polar surface area (TPSA) is 46.2 Å². The predicted molar refractivity (Wildman–Crippen MR) is 89.5 cm³/mol. The Morgan fingerprint density at radius 3 is 2.38 bits per heavy atom. The van der Waals surface area contributed by atoms with Crippen molar-refractivity contribution in [1.29, 1.82) is 0 Å². The number of hydrogen-bond acceptors (Lipinski definition) is 2. The van der Waals surface area contributed by atoms with Crippen molar-refractivity contribution in [1.82, 2.24) is 0 Å². The molecule has 0 bridgehead atoms. The smallest absolute Gasteiger partial charge is 0.226 e. The van der Waals surface area contributed by atoms with E-state index in [0.717, 1.165) is 24.9 Å². The van der Waals surface area contributed by atoms with Gasteiger partial charge in [0.05, 0.1) is 0 Å². The van der Waals surface area contributed by atoms with E-state index >= 15 is 0 Å². The summed E-state index contributed by atoms with van der Waals surface area (Å²) in [5, 5.41) is 2.90. The van der Waals surface area contributed by atoms with E-state index in [0.29, 0.717) is 6.42 Å². The van der Waals surface area contributed by atoms with Crippen LogP contribution in [0.3, 0.4) is 0 Å². The number of benzene rings is 1. The molecule has 0 radical (unpaired) electrons. The molecule has 3 nitrogen and oxygen atoms in total. The third-order valence-electron chi connectivity index (χ3n) is 2.96. The van der Waals surface area contributed by atoms with Gasteiger partial charge in [0, 0.05) is 18.0 Å². The Balaban J connectivity index is 0.00000191. The highest BCUT2D eigenvalue weighted by Gasteiger charge is 2.07. The first-order chi connectivity index (χ1) is 9.99. The van der Waals surface area contributed by atoms with Crippen LogP contribution in [-0.2, 0) is 16.0 Å². The summed E-state index contributed by atoms with van der Waals surface area (Å²) in [7, 11) is 0. The van der Waals surface area contributed by atoms with Gasteiger partial charge in [-0.2, -0.15) is 0 Å². The van der Waals surface area contributed by atoms with Gasteiger partial charge in [-0.1, -0.05) is 39.8 Å². The van der Waals surface area contributed by atoms with E-state index in [9.17, 15) is 9.59 Å². The van der Waals surface area contributed by atoms with Crippen LogP contribution in [-0.4, -0.2) is 11.7 Å². The van der Waals surface area contributed by atoms with E-state index in [1.54, 1.807) is 6.92 Å². The third-order valence-corrected chi connectivity index (χ3v) is 2.96. The zero-order valence-electron chi connectivity index (χ0n) is 14.0. The predicted octanol–water partition coefficient (Wildman–Crippen LogP) is 4.61. The fraction of sp³-hybridized carbons (Fsp3) is 0.556.